The second-order valence-corrected chi connectivity index (χ2v) is 3.80. The molecule has 1 aliphatic rings. The fourth-order valence-corrected chi connectivity index (χ4v) is 1.73. The molecule has 0 spiro atoms. The number of piperidine rings is 1. The van der Waals surface area contributed by atoms with Gasteiger partial charge in [0.05, 0.1) is 0 Å². The molecule has 1 saturated heterocycles. The number of rotatable bonds is 2. The van der Waals surface area contributed by atoms with E-state index < -0.39 is 6.17 Å². The molecule has 2 N–H and O–H groups in total. The summed E-state index contributed by atoms with van der Waals surface area (Å²) in [6, 6.07) is 0.498. The Morgan fingerprint density at radius 2 is 2.25 bits per heavy atom. The molecule has 1 rings (SSSR count). The standard InChI is InChI=1S/C9H19FN2/c1-3-7(2)12-5-8(10)4-9(11)6-12/h7-9H,3-6,11H2,1-2H3/t7?,8-,9+/m0/s1. The Hall–Kier alpha value is -0.150. The average molecular weight is 174 g/mol. The molecule has 1 aliphatic heterocycles. The lowest BCUT2D eigenvalue weighted by atomic mass is 10.0. The zero-order valence-electron chi connectivity index (χ0n) is 7.96. The lowest BCUT2D eigenvalue weighted by molar-refractivity contribution is 0.0908. The predicted octanol–water partition coefficient (Wildman–Crippen LogP) is 1.16. The van der Waals surface area contributed by atoms with Crippen molar-refractivity contribution in [1.82, 2.24) is 4.90 Å². The van der Waals surface area contributed by atoms with E-state index in [1.165, 1.54) is 0 Å². The summed E-state index contributed by atoms with van der Waals surface area (Å²) in [5.41, 5.74) is 5.73. The third-order valence-corrected chi connectivity index (χ3v) is 2.67. The van der Waals surface area contributed by atoms with Crippen molar-refractivity contribution in [3.8, 4) is 0 Å². The van der Waals surface area contributed by atoms with Gasteiger partial charge in [-0.25, -0.2) is 4.39 Å². The van der Waals surface area contributed by atoms with Gasteiger partial charge in [0.15, 0.2) is 0 Å². The smallest absolute Gasteiger partial charge is 0.114 e. The van der Waals surface area contributed by atoms with Gasteiger partial charge in [-0.15, -0.1) is 0 Å². The molecule has 1 unspecified atom stereocenters. The quantitative estimate of drug-likeness (QED) is 0.680. The second kappa shape index (κ2) is 4.19. The summed E-state index contributed by atoms with van der Waals surface area (Å²) in [5, 5.41) is 0. The Bertz CT molecular complexity index is 130. The zero-order chi connectivity index (χ0) is 9.14. The van der Waals surface area contributed by atoms with E-state index in [9.17, 15) is 4.39 Å². The van der Waals surface area contributed by atoms with Crippen LogP contribution in [0.1, 0.15) is 26.7 Å². The Morgan fingerprint density at radius 3 is 2.75 bits per heavy atom. The fraction of sp³-hybridized carbons (Fsp3) is 1.00. The molecule has 3 heteroatoms. The van der Waals surface area contributed by atoms with E-state index >= 15 is 0 Å². The van der Waals surface area contributed by atoms with Crippen LogP contribution < -0.4 is 5.73 Å². The first kappa shape index (κ1) is 9.93. The third kappa shape index (κ3) is 2.42. The van der Waals surface area contributed by atoms with Gasteiger partial charge in [0.2, 0.25) is 0 Å². The Morgan fingerprint density at radius 1 is 1.58 bits per heavy atom. The maximum Gasteiger partial charge on any atom is 0.114 e. The third-order valence-electron chi connectivity index (χ3n) is 2.67. The largest absolute Gasteiger partial charge is 0.326 e. The van der Waals surface area contributed by atoms with Gasteiger partial charge in [-0.05, 0) is 19.8 Å². The van der Waals surface area contributed by atoms with E-state index in [0.717, 1.165) is 13.0 Å². The van der Waals surface area contributed by atoms with E-state index in [0.29, 0.717) is 19.0 Å². The van der Waals surface area contributed by atoms with Gasteiger partial charge in [0, 0.05) is 25.2 Å². The summed E-state index contributed by atoms with van der Waals surface area (Å²) in [4.78, 5) is 2.15. The van der Waals surface area contributed by atoms with E-state index in [1.54, 1.807) is 0 Å². The van der Waals surface area contributed by atoms with Gasteiger partial charge in [0.25, 0.3) is 0 Å². The highest BCUT2D eigenvalue weighted by atomic mass is 19.1. The van der Waals surface area contributed by atoms with Crippen molar-refractivity contribution >= 4 is 0 Å². The van der Waals surface area contributed by atoms with Crippen LogP contribution >= 0.6 is 0 Å². The van der Waals surface area contributed by atoms with Crippen molar-refractivity contribution in [1.29, 1.82) is 0 Å². The van der Waals surface area contributed by atoms with Crippen molar-refractivity contribution in [3.63, 3.8) is 0 Å². The highest BCUT2D eigenvalue weighted by Gasteiger charge is 2.26. The lowest BCUT2D eigenvalue weighted by Crippen LogP contribution is -2.50. The SMILES string of the molecule is CCC(C)N1C[C@H](N)C[C@H](F)C1. The van der Waals surface area contributed by atoms with Gasteiger partial charge in [-0.3, -0.25) is 4.90 Å². The van der Waals surface area contributed by atoms with Gasteiger partial charge < -0.3 is 5.73 Å². The molecule has 0 aromatic carbocycles. The number of nitrogens with two attached hydrogens (primary N) is 1. The summed E-state index contributed by atoms with van der Waals surface area (Å²) >= 11 is 0. The summed E-state index contributed by atoms with van der Waals surface area (Å²) in [5.74, 6) is 0. The van der Waals surface area contributed by atoms with Crippen molar-refractivity contribution in [2.24, 2.45) is 5.73 Å². The van der Waals surface area contributed by atoms with Gasteiger partial charge >= 0.3 is 0 Å². The van der Waals surface area contributed by atoms with Crippen LogP contribution in [0.25, 0.3) is 0 Å². The van der Waals surface area contributed by atoms with Crippen molar-refractivity contribution in [3.05, 3.63) is 0 Å². The van der Waals surface area contributed by atoms with E-state index in [4.69, 9.17) is 5.73 Å². The number of hydrogen-bond donors (Lipinski definition) is 1. The molecule has 0 saturated carbocycles. The zero-order valence-corrected chi connectivity index (χ0v) is 7.96. The van der Waals surface area contributed by atoms with Crippen LogP contribution in [0, 0.1) is 0 Å². The number of alkyl halides is 1. The maximum absolute atomic E-state index is 13.1. The van der Waals surface area contributed by atoms with Crippen LogP contribution in [-0.2, 0) is 0 Å². The highest BCUT2D eigenvalue weighted by molar-refractivity contribution is 4.83. The van der Waals surface area contributed by atoms with Crippen molar-refractivity contribution in [2.45, 2.75) is 44.9 Å². The van der Waals surface area contributed by atoms with Crippen molar-refractivity contribution < 1.29 is 4.39 Å². The summed E-state index contributed by atoms with van der Waals surface area (Å²) in [7, 11) is 0. The summed E-state index contributed by atoms with van der Waals surface area (Å²) in [6.07, 6.45) is 0.884. The first-order valence-corrected chi connectivity index (χ1v) is 4.77. The first-order chi connectivity index (χ1) is 5.63. The molecule has 72 valence electrons. The molecular weight excluding hydrogens is 155 g/mol. The molecule has 12 heavy (non-hydrogen) atoms. The van der Waals surface area contributed by atoms with Gasteiger partial charge in [0.1, 0.15) is 6.17 Å². The van der Waals surface area contributed by atoms with E-state index in [2.05, 4.69) is 18.7 Å². The van der Waals surface area contributed by atoms with Gasteiger partial charge in [-0.1, -0.05) is 6.92 Å². The predicted molar refractivity (Wildman–Crippen MR) is 48.8 cm³/mol. The van der Waals surface area contributed by atoms with Crippen LogP contribution in [0.2, 0.25) is 0 Å². The molecule has 0 radical (unpaired) electrons. The first-order valence-electron chi connectivity index (χ1n) is 4.77. The molecule has 0 aromatic heterocycles. The molecular formula is C9H19FN2. The molecule has 0 bridgehead atoms. The number of likely N-dealkylation sites (tertiary alicyclic amines) is 1. The minimum absolute atomic E-state index is 0.0303. The molecule has 0 amide bonds. The Kier molecular flexibility index (Phi) is 3.47. The summed E-state index contributed by atoms with van der Waals surface area (Å²) in [6.45, 7) is 5.68. The molecule has 0 aromatic rings. The van der Waals surface area contributed by atoms with E-state index in [-0.39, 0.29) is 6.04 Å². The topological polar surface area (TPSA) is 29.3 Å². The summed E-state index contributed by atoms with van der Waals surface area (Å²) < 4.78 is 13.1. The van der Waals surface area contributed by atoms with Crippen LogP contribution in [-0.4, -0.2) is 36.2 Å². The van der Waals surface area contributed by atoms with Crippen molar-refractivity contribution in [2.75, 3.05) is 13.1 Å². The van der Waals surface area contributed by atoms with Crippen LogP contribution in [0.5, 0.6) is 0 Å². The molecule has 2 nitrogen and oxygen atoms in total. The highest BCUT2D eigenvalue weighted by Crippen LogP contribution is 2.15. The van der Waals surface area contributed by atoms with Crippen LogP contribution in [0.15, 0.2) is 0 Å². The molecule has 0 aliphatic carbocycles. The minimum Gasteiger partial charge on any atom is -0.326 e. The Balaban J connectivity index is 2.43. The van der Waals surface area contributed by atoms with E-state index in [1.807, 2.05) is 0 Å². The molecule has 1 fully saturated rings. The number of halogens is 1. The molecule has 1 heterocycles. The average Bonchev–Trinajstić information content (AvgIpc) is 2.01. The van der Waals surface area contributed by atoms with Crippen LogP contribution in [0.4, 0.5) is 4.39 Å². The second-order valence-electron chi connectivity index (χ2n) is 3.80. The minimum atomic E-state index is -0.720. The number of hydrogen-bond acceptors (Lipinski definition) is 2. The van der Waals surface area contributed by atoms with Crippen LogP contribution in [0.3, 0.4) is 0 Å². The monoisotopic (exact) mass is 174 g/mol. The maximum atomic E-state index is 13.1. The lowest BCUT2D eigenvalue weighted by Gasteiger charge is -2.36. The Labute approximate surface area is 73.9 Å². The van der Waals surface area contributed by atoms with Gasteiger partial charge in [-0.2, -0.15) is 0 Å². The number of nitrogens with zero attached hydrogens (tertiary/aromatic N) is 1. The fourth-order valence-electron chi connectivity index (χ4n) is 1.73. The normalized spacial score (nSPS) is 35.0. The molecule has 3 atom stereocenters.